The van der Waals surface area contributed by atoms with Crippen LogP contribution in [0.1, 0.15) is 6.42 Å². The smallest absolute Gasteiger partial charge is 0.249 e. The number of aromatic nitrogens is 1. The van der Waals surface area contributed by atoms with Gasteiger partial charge in [0.1, 0.15) is 17.7 Å². The van der Waals surface area contributed by atoms with Gasteiger partial charge in [0, 0.05) is 38.1 Å². The maximum Gasteiger partial charge on any atom is 0.249 e. The highest BCUT2D eigenvalue weighted by molar-refractivity contribution is 6.06. The molecular formula is C20H21FN6O2. The van der Waals surface area contributed by atoms with Crippen molar-refractivity contribution in [2.45, 2.75) is 12.5 Å². The topological polar surface area (TPSA) is 89.9 Å². The van der Waals surface area contributed by atoms with Gasteiger partial charge in [-0.15, -0.1) is 0 Å². The average Bonchev–Trinajstić information content (AvgIpc) is 2.74. The molecule has 2 aliphatic heterocycles. The average molecular weight is 396 g/mol. The molecule has 8 nitrogen and oxygen atoms in total. The first-order valence-electron chi connectivity index (χ1n) is 9.43. The molecule has 0 unspecified atom stereocenters. The Labute approximate surface area is 167 Å². The van der Waals surface area contributed by atoms with E-state index in [1.807, 2.05) is 23.1 Å². The number of halogens is 1. The highest BCUT2D eigenvalue weighted by Gasteiger charge is 2.30. The van der Waals surface area contributed by atoms with Gasteiger partial charge in [-0.3, -0.25) is 14.9 Å². The number of guanidine groups is 1. The van der Waals surface area contributed by atoms with Crippen molar-refractivity contribution >= 4 is 29.3 Å². The summed E-state index contributed by atoms with van der Waals surface area (Å²) in [6.07, 6.45) is 1.72. The second kappa shape index (κ2) is 8.26. The van der Waals surface area contributed by atoms with E-state index in [9.17, 15) is 14.0 Å². The summed E-state index contributed by atoms with van der Waals surface area (Å²) in [6.45, 7) is 2.75. The van der Waals surface area contributed by atoms with Crippen LogP contribution in [0.3, 0.4) is 0 Å². The summed E-state index contributed by atoms with van der Waals surface area (Å²) in [5, 5.41) is 5.39. The van der Waals surface area contributed by atoms with Gasteiger partial charge in [0.15, 0.2) is 0 Å². The molecule has 2 aliphatic rings. The fourth-order valence-electron chi connectivity index (χ4n) is 3.37. The van der Waals surface area contributed by atoms with Crippen LogP contribution in [-0.2, 0) is 9.59 Å². The lowest BCUT2D eigenvalue weighted by Gasteiger charge is -2.38. The Morgan fingerprint density at radius 3 is 2.62 bits per heavy atom. The van der Waals surface area contributed by atoms with Crippen molar-refractivity contribution in [3.63, 3.8) is 0 Å². The molecule has 1 aromatic carbocycles. The van der Waals surface area contributed by atoms with Crippen LogP contribution in [0.2, 0.25) is 0 Å². The second-order valence-electron chi connectivity index (χ2n) is 6.88. The van der Waals surface area contributed by atoms with E-state index in [-0.39, 0.29) is 12.3 Å². The number of nitrogens with one attached hydrogen (secondary N) is 2. The molecule has 9 heteroatoms. The molecular weight excluding hydrogens is 375 g/mol. The fraction of sp³-hybridized carbons (Fsp3) is 0.300. The summed E-state index contributed by atoms with van der Waals surface area (Å²) in [5.74, 6) is 0.172. The Morgan fingerprint density at radius 2 is 1.90 bits per heavy atom. The Kier molecular flexibility index (Phi) is 5.37. The van der Waals surface area contributed by atoms with E-state index in [1.165, 1.54) is 18.2 Å². The van der Waals surface area contributed by atoms with Crippen molar-refractivity contribution in [2.24, 2.45) is 4.99 Å². The van der Waals surface area contributed by atoms with Crippen LogP contribution >= 0.6 is 0 Å². The summed E-state index contributed by atoms with van der Waals surface area (Å²) >= 11 is 0. The van der Waals surface area contributed by atoms with Gasteiger partial charge < -0.3 is 15.1 Å². The summed E-state index contributed by atoms with van der Waals surface area (Å²) in [4.78, 5) is 37.6. The minimum absolute atomic E-state index is 0.0431. The molecule has 1 fully saturated rings. The van der Waals surface area contributed by atoms with Crippen LogP contribution < -0.4 is 15.5 Å². The van der Waals surface area contributed by atoms with E-state index in [1.54, 1.807) is 12.3 Å². The van der Waals surface area contributed by atoms with Crippen molar-refractivity contribution in [3.8, 4) is 0 Å². The van der Waals surface area contributed by atoms with Gasteiger partial charge in [-0.2, -0.15) is 0 Å². The standard InChI is InChI=1S/C20H21FN6O2/c21-14-4-3-5-15(12-14)23-19(29)16-13-18(28)25-20(24-16)27-10-8-26(9-11-27)17-6-1-2-7-22-17/h1-7,12,16H,8-11,13H2,(H,23,29)(H,24,25,28)/t16-/m0/s1. The first-order chi connectivity index (χ1) is 14.1. The lowest BCUT2D eigenvalue weighted by molar-refractivity contribution is -0.125. The van der Waals surface area contributed by atoms with E-state index < -0.39 is 17.8 Å². The number of benzene rings is 1. The Balaban J connectivity index is 1.41. The Morgan fingerprint density at radius 1 is 1.10 bits per heavy atom. The number of aliphatic imine (C=N–C) groups is 1. The molecule has 3 heterocycles. The number of hydrogen-bond donors (Lipinski definition) is 2. The molecule has 0 radical (unpaired) electrons. The van der Waals surface area contributed by atoms with Gasteiger partial charge in [-0.25, -0.2) is 14.4 Å². The molecule has 0 aliphatic carbocycles. The highest BCUT2D eigenvalue weighted by atomic mass is 19.1. The lowest BCUT2D eigenvalue weighted by atomic mass is 10.1. The van der Waals surface area contributed by atoms with Crippen molar-refractivity contribution < 1.29 is 14.0 Å². The van der Waals surface area contributed by atoms with Crippen LogP contribution in [0.15, 0.2) is 53.7 Å². The maximum atomic E-state index is 13.3. The number of pyridine rings is 1. The number of piperazine rings is 1. The minimum atomic E-state index is -0.851. The molecule has 1 atom stereocenters. The summed E-state index contributed by atoms with van der Waals surface area (Å²) in [7, 11) is 0. The van der Waals surface area contributed by atoms with Gasteiger partial charge in [-0.1, -0.05) is 12.1 Å². The van der Waals surface area contributed by atoms with E-state index in [0.717, 1.165) is 18.9 Å². The van der Waals surface area contributed by atoms with E-state index in [2.05, 4.69) is 25.5 Å². The number of anilines is 2. The van der Waals surface area contributed by atoms with Crippen LogP contribution in [0.4, 0.5) is 15.9 Å². The fourth-order valence-corrected chi connectivity index (χ4v) is 3.37. The first kappa shape index (κ1) is 18.9. The number of hydrogen-bond acceptors (Lipinski definition) is 6. The third-order valence-electron chi connectivity index (χ3n) is 4.86. The molecule has 2 aromatic rings. The zero-order valence-corrected chi connectivity index (χ0v) is 15.7. The number of carbonyl (C=O) groups is 2. The molecule has 2 N–H and O–H groups in total. The van der Waals surface area contributed by atoms with Crippen molar-refractivity contribution in [1.82, 2.24) is 15.2 Å². The van der Waals surface area contributed by atoms with Gasteiger partial charge in [0.2, 0.25) is 17.8 Å². The van der Waals surface area contributed by atoms with Crippen LogP contribution in [0.5, 0.6) is 0 Å². The van der Waals surface area contributed by atoms with Gasteiger partial charge in [-0.05, 0) is 30.3 Å². The largest absolute Gasteiger partial charge is 0.353 e. The van der Waals surface area contributed by atoms with Crippen LogP contribution in [-0.4, -0.2) is 59.9 Å². The molecule has 4 rings (SSSR count). The predicted octanol–water partition coefficient (Wildman–Crippen LogP) is 1.23. The SMILES string of the molecule is O=C1C[C@@H](C(=O)Nc2cccc(F)c2)N=C(N2CCN(c3ccccn3)CC2)N1. The van der Waals surface area contributed by atoms with E-state index >= 15 is 0 Å². The van der Waals surface area contributed by atoms with Gasteiger partial charge in [0.25, 0.3) is 0 Å². The molecule has 2 amide bonds. The van der Waals surface area contributed by atoms with Crippen molar-refractivity contribution in [1.29, 1.82) is 0 Å². The number of rotatable bonds is 3. The highest BCUT2D eigenvalue weighted by Crippen LogP contribution is 2.16. The normalized spacial score (nSPS) is 19.4. The quantitative estimate of drug-likeness (QED) is 0.815. The van der Waals surface area contributed by atoms with Crippen molar-refractivity contribution in [2.75, 3.05) is 36.4 Å². The molecule has 150 valence electrons. The number of amides is 2. The summed E-state index contributed by atoms with van der Waals surface area (Å²) < 4.78 is 13.3. The van der Waals surface area contributed by atoms with Crippen molar-refractivity contribution in [3.05, 3.63) is 54.5 Å². The third-order valence-corrected chi connectivity index (χ3v) is 4.86. The monoisotopic (exact) mass is 396 g/mol. The maximum absolute atomic E-state index is 13.3. The predicted molar refractivity (Wildman–Crippen MR) is 107 cm³/mol. The molecule has 29 heavy (non-hydrogen) atoms. The molecule has 0 spiro atoms. The summed E-state index contributed by atoms with van der Waals surface area (Å²) in [5.41, 5.74) is 0.335. The molecule has 1 aromatic heterocycles. The zero-order valence-electron chi connectivity index (χ0n) is 15.7. The Hall–Kier alpha value is -3.49. The minimum Gasteiger partial charge on any atom is -0.353 e. The molecule has 0 bridgehead atoms. The molecule has 1 saturated heterocycles. The third kappa shape index (κ3) is 4.50. The number of carbonyl (C=O) groups excluding carboxylic acids is 2. The number of nitrogens with zero attached hydrogens (tertiary/aromatic N) is 4. The van der Waals surface area contributed by atoms with Crippen LogP contribution in [0.25, 0.3) is 0 Å². The van der Waals surface area contributed by atoms with Crippen LogP contribution in [0, 0.1) is 5.82 Å². The van der Waals surface area contributed by atoms with E-state index in [4.69, 9.17) is 0 Å². The molecule has 0 saturated carbocycles. The zero-order chi connectivity index (χ0) is 20.2. The van der Waals surface area contributed by atoms with E-state index in [0.29, 0.717) is 24.7 Å². The lowest BCUT2D eigenvalue weighted by Crippen LogP contribution is -2.56. The Bertz CT molecular complexity index is 928. The summed E-state index contributed by atoms with van der Waals surface area (Å²) in [6, 6.07) is 10.5. The van der Waals surface area contributed by atoms with Gasteiger partial charge >= 0.3 is 0 Å². The first-order valence-corrected chi connectivity index (χ1v) is 9.43. The second-order valence-corrected chi connectivity index (χ2v) is 6.88. The van der Waals surface area contributed by atoms with Gasteiger partial charge in [0.05, 0.1) is 6.42 Å².